The first-order valence-electron chi connectivity index (χ1n) is 5.57. The van der Waals surface area contributed by atoms with Crippen LogP contribution >= 0.6 is 0 Å². The first kappa shape index (κ1) is 14.1. The van der Waals surface area contributed by atoms with Gasteiger partial charge in [-0.2, -0.15) is 13.2 Å². The second-order valence-corrected chi connectivity index (χ2v) is 6.22. The summed E-state index contributed by atoms with van der Waals surface area (Å²) in [5.74, 6) is 0. The van der Waals surface area contributed by atoms with E-state index in [0.717, 1.165) is 6.07 Å². The highest BCUT2D eigenvalue weighted by atomic mass is 32.2. The Bertz CT molecular complexity index is 571. The number of sulfone groups is 1. The number of halogens is 3. The standard InChI is InChI=1S/C11H12F3NO3S/c12-11(13,14)19(17,18)10-4-2-1-3-9(10)15-6-5-8(16)7-15/h1-4,8,16H,5-7H2/t8-/m0/s1. The molecule has 0 bridgehead atoms. The summed E-state index contributed by atoms with van der Waals surface area (Å²) in [6.45, 7) is 0.454. The molecule has 0 radical (unpaired) electrons. The van der Waals surface area contributed by atoms with E-state index in [-0.39, 0.29) is 12.2 Å². The SMILES string of the molecule is O=S(=O)(c1ccccc1N1CC[C@H](O)C1)C(F)(F)F. The van der Waals surface area contributed by atoms with Gasteiger partial charge < -0.3 is 10.0 Å². The molecule has 2 rings (SSSR count). The zero-order chi connectivity index (χ0) is 14.3. The number of alkyl halides is 3. The number of aliphatic hydroxyl groups excluding tert-OH is 1. The number of benzene rings is 1. The maximum Gasteiger partial charge on any atom is 0.501 e. The highest BCUT2D eigenvalue weighted by molar-refractivity contribution is 7.92. The summed E-state index contributed by atoms with van der Waals surface area (Å²) in [4.78, 5) is 0.681. The third kappa shape index (κ3) is 2.55. The minimum Gasteiger partial charge on any atom is -0.391 e. The van der Waals surface area contributed by atoms with Crippen LogP contribution in [0.1, 0.15) is 6.42 Å². The summed E-state index contributed by atoms with van der Waals surface area (Å²) >= 11 is 0. The molecule has 4 nitrogen and oxygen atoms in total. The smallest absolute Gasteiger partial charge is 0.391 e. The summed E-state index contributed by atoms with van der Waals surface area (Å²) in [7, 11) is -5.39. The highest BCUT2D eigenvalue weighted by Crippen LogP contribution is 2.36. The Morgan fingerprint density at radius 1 is 1.26 bits per heavy atom. The molecule has 0 spiro atoms. The number of nitrogens with zero attached hydrogens (tertiary/aromatic N) is 1. The van der Waals surface area contributed by atoms with Crippen molar-refractivity contribution in [2.45, 2.75) is 22.9 Å². The third-order valence-corrected chi connectivity index (χ3v) is 4.50. The fourth-order valence-corrected chi connectivity index (χ4v) is 3.01. The Kier molecular flexibility index (Phi) is 3.48. The molecule has 1 N–H and O–H groups in total. The molecule has 1 aromatic rings. The molecule has 1 fully saturated rings. The first-order valence-corrected chi connectivity index (χ1v) is 7.05. The number of aliphatic hydroxyl groups is 1. The molecular formula is C11H12F3NO3S. The van der Waals surface area contributed by atoms with Crippen LogP contribution in [0.3, 0.4) is 0 Å². The molecule has 106 valence electrons. The third-order valence-electron chi connectivity index (χ3n) is 2.96. The van der Waals surface area contributed by atoms with Crippen molar-refractivity contribution in [2.75, 3.05) is 18.0 Å². The molecule has 1 atom stereocenters. The van der Waals surface area contributed by atoms with E-state index in [1.807, 2.05) is 0 Å². The summed E-state index contributed by atoms with van der Waals surface area (Å²) in [6.07, 6.45) is -0.248. The lowest BCUT2D eigenvalue weighted by molar-refractivity contribution is -0.0435. The Hall–Kier alpha value is -1.28. The number of hydrogen-bond acceptors (Lipinski definition) is 4. The van der Waals surface area contributed by atoms with Crippen LogP contribution in [0.25, 0.3) is 0 Å². The molecule has 0 aromatic heterocycles. The molecule has 1 heterocycles. The molecule has 0 unspecified atom stereocenters. The maximum absolute atomic E-state index is 12.6. The Balaban J connectivity index is 2.48. The van der Waals surface area contributed by atoms with Gasteiger partial charge in [0.1, 0.15) is 0 Å². The molecule has 19 heavy (non-hydrogen) atoms. The van der Waals surface area contributed by atoms with Gasteiger partial charge in [-0.25, -0.2) is 8.42 Å². The number of rotatable bonds is 2. The van der Waals surface area contributed by atoms with Crippen molar-refractivity contribution in [3.8, 4) is 0 Å². The van der Waals surface area contributed by atoms with Crippen molar-refractivity contribution in [1.29, 1.82) is 0 Å². The van der Waals surface area contributed by atoms with E-state index in [4.69, 9.17) is 0 Å². The molecule has 0 aliphatic carbocycles. The predicted octanol–water partition coefficient (Wildman–Crippen LogP) is 1.55. The Morgan fingerprint density at radius 3 is 2.42 bits per heavy atom. The molecule has 1 aliphatic rings. The lowest BCUT2D eigenvalue weighted by Crippen LogP contribution is -2.28. The van der Waals surface area contributed by atoms with E-state index >= 15 is 0 Å². The van der Waals surface area contributed by atoms with Gasteiger partial charge in [0.15, 0.2) is 0 Å². The number of anilines is 1. The summed E-state index contributed by atoms with van der Waals surface area (Å²) in [5, 5.41) is 9.40. The summed E-state index contributed by atoms with van der Waals surface area (Å²) < 4.78 is 60.8. The summed E-state index contributed by atoms with van der Waals surface area (Å²) in [5.41, 5.74) is -5.35. The van der Waals surface area contributed by atoms with Crippen LogP contribution in [0.5, 0.6) is 0 Å². The van der Waals surface area contributed by atoms with Crippen LogP contribution < -0.4 is 4.90 Å². The monoisotopic (exact) mass is 295 g/mol. The fraction of sp³-hybridized carbons (Fsp3) is 0.455. The molecule has 1 aromatic carbocycles. The van der Waals surface area contributed by atoms with Crippen molar-refractivity contribution in [2.24, 2.45) is 0 Å². The van der Waals surface area contributed by atoms with Gasteiger partial charge in [0.2, 0.25) is 0 Å². The van der Waals surface area contributed by atoms with E-state index < -0.39 is 26.3 Å². The number of hydrogen-bond donors (Lipinski definition) is 1. The van der Waals surface area contributed by atoms with Crippen molar-refractivity contribution in [3.63, 3.8) is 0 Å². The Labute approximate surface area is 108 Å². The summed E-state index contributed by atoms with van der Waals surface area (Å²) in [6, 6.07) is 4.96. The van der Waals surface area contributed by atoms with Gasteiger partial charge in [-0.1, -0.05) is 12.1 Å². The molecule has 1 saturated heterocycles. The zero-order valence-corrected chi connectivity index (χ0v) is 10.6. The topological polar surface area (TPSA) is 57.6 Å². The van der Waals surface area contributed by atoms with Gasteiger partial charge >= 0.3 is 5.51 Å². The minimum absolute atomic E-state index is 0.0172. The maximum atomic E-state index is 12.6. The second kappa shape index (κ2) is 4.68. The normalized spacial score (nSPS) is 20.8. The number of para-hydroxylation sites is 1. The van der Waals surface area contributed by atoms with Gasteiger partial charge in [-0.05, 0) is 18.6 Å². The van der Waals surface area contributed by atoms with Crippen molar-refractivity contribution >= 4 is 15.5 Å². The molecule has 8 heteroatoms. The number of β-amino-alcohol motifs (C(OH)–C–C–N with tert-alkyl or cyclic N) is 1. The van der Waals surface area contributed by atoms with Gasteiger partial charge in [-0.3, -0.25) is 0 Å². The largest absolute Gasteiger partial charge is 0.501 e. The lowest BCUT2D eigenvalue weighted by atomic mass is 10.3. The van der Waals surface area contributed by atoms with Crippen molar-refractivity contribution in [3.05, 3.63) is 24.3 Å². The lowest BCUT2D eigenvalue weighted by Gasteiger charge is -2.21. The van der Waals surface area contributed by atoms with E-state index in [1.54, 1.807) is 0 Å². The van der Waals surface area contributed by atoms with Crippen molar-refractivity contribution < 1.29 is 26.7 Å². The molecule has 0 saturated carbocycles. The molecule has 0 amide bonds. The predicted molar refractivity (Wildman–Crippen MR) is 62.5 cm³/mol. The molecular weight excluding hydrogens is 283 g/mol. The zero-order valence-electron chi connectivity index (χ0n) is 9.76. The average molecular weight is 295 g/mol. The van der Waals surface area contributed by atoms with Gasteiger partial charge in [0.25, 0.3) is 9.84 Å². The van der Waals surface area contributed by atoms with E-state index in [9.17, 15) is 26.7 Å². The Morgan fingerprint density at radius 2 is 1.89 bits per heavy atom. The van der Waals surface area contributed by atoms with Crippen LogP contribution in [-0.4, -0.2) is 38.2 Å². The quantitative estimate of drug-likeness (QED) is 0.899. The first-order chi connectivity index (χ1) is 8.73. The van der Waals surface area contributed by atoms with Crippen LogP contribution in [0.4, 0.5) is 18.9 Å². The van der Waals surface area contributed by atoms with Crippen LogP contribution in [0.2, 0.25) is 0 Å². The van der Waals surface area contributed by atoms with Crippen molar-refractivity contribution in [1.82, 2.24) is 0 Å². The fourth-order valence-electron chi connectivity index (χ4n) is 2.03. The van der Waals surface area contributed by atoms with Crippen LogP contribution in [0.15, 0.2) is 29.2 Å². The highest BCUT2D eigenvalue weighted by Gasteiger charge is 2.48. The van der Waals surface area contributed by atoms with E-state index in [0.29, 0.717) is 13.0 Å². The van der Waals surface area contributed by atoms with E-state index in [1.165, 1.54) is 23.1 Å². The molecule has 1 aliphatic heterocycles. The van der Waals surface area contributed by atoms with Crippen LogP contribution in [0, 0.1) is 0 Å². The van der Waals surface area contributed by atoms with Gasteiger partial charge in [0.05, 0.1) is 16.7 Å². The van der Waals surface area contributed by atoms with E-state index in [2.05, 4.69) is 0 Å². The second-order valence-electron chi connectivity index (χ2n) is 4.31. The minimum atomic E-state index is -5.39. The average Bonchev–Trinajstić information content (AvgIpc) is 2.74. The van der Waals surface area contributed by atoms with Gasteiger partial charge in [0, 0.05) is 13.1 Å². The van der Waals surface area contributed by atoms with Crippen LogP contribution in [-0.2, 0) is 9.84 Å². The van der Waals surface area contributed by atoms with Gasteiger partial charge in [-0.15, -0.1) is 0 Å².